The third-order valence-corrected chi connectivity index (χ3v) is 3.92. The summed E-state index contributed by atoms with van der Waals surface area (Å²) in [5.74, 6) is 1.09. The Hall–Kier alpha value is -1.53. The third-order valence-electron chi connectivity index (χ3n) is 3.92. The van der Waals surface area contributed by atoms with E-state index in [1.54, 1.807) is 12.1 Å². The van der Waals surface area contributed by atoms with Gasteiger partial charge in [-0.2, -0.15) is 0 Å². The van der Waals surface area contributed by atoms with Crippen molar-refractivity contribution in [2.45, 2.75) is 38.8 Å². The first-order valence-electron chi connectivity index (χ1n) is 8.03. The highest BCUT2D eigenvalue weighted by Gasteiger charge is 2.25. The van der Waals surface area contributed by atoms with Crippen LogP contribution in [-0.2, 0) is 0 Å². The topological polar surface area (TPSA) is 77.7 Å². The summed E-state index contributed by atoms with van der Waals surface area (Å²) in [5, 5.41) is 15.4. The fourth-order valence-electron chi connectivity index (χ4n) is 2.88. The molecule has 0 radical (unpaired) electrons. The highest BCUT2D eigenvalue weighted by molar-refractivity contribution is 5.73. The van der Waals surface area contributed by atoms with Crippen molar-refractivity contribution in [2.24, 2.45) is 5.92 Å². The van der Waals surface area contributed by atoms with Crippen molar-refractivity contribution in [1.29, 1.82) is 0 Å². The summed E-state index contributed by atoms with van der Waals surface area (Å²) in [6.45, 7) is 7.40. The molecule has 1 aromatic heterocycles. The van der Waals surface area contributed by atoms with Gasteiger partial charge < -0.3 is 20.2 Å². The van der Waals surface area contributed by atoms with E-state index >= 15 is 0 Å². The van der Waals surface area contributed by atoms with Crippen LogP contribution in [0, 0.1) is 5.92 Å². The monoisotopic (exact) mass is 309 g/mol. The second-order valence-electron chi connectivity index (χ2n) is 6.31. The Balaban J connectivity index is 1.67. The molecule has 2 heterocycles. The number of nitrogens with one attached hydrogen (secondary N) is 2. The summed E-state index contributed by atoms with van der Waals surface area (Å²) in [6.07, 6.45) is 3.01. The van der Waals surface area contributed by atoms with E-state index in [9.17, 15) is 9.90 Å². The van der Waals surface area contributed by atoms with Crippen LogP contribution in [0.25, 0.3) is 0 Å². The van der Waals surface area contributed by atoms with E-state index in [0.29, 0.717) is 24.3 Å². The molecular weight excluding hydrogens is 282 g/mol. The molecule has 1 fully saturated rings. The van der Waals surface area contributed by atoms with Crippen molar-refractivity contribution in [3.8, 4) is 0 Å². The van der Waals surface area contributed by atoms with E-state index in [1.165, 1.54) is 12.7 Å². The quantitative estimate of drug-likeness (QED) is 0.717. The smallest absolute Gasteiger partial charge is 0.314 e. The molecule has 1 saturated heterocycles. The maximum atomic E-state index is 11.8. The predicted molar refractivity (Wildman–Crippen MR) is 84.5 cm³/mol. The van der Waals surface area contributed by atoms with E-state index in [-0.39, 0.29) is 12.6 Å². The lowest BCUT2D eigenvalue weighted by Gasteiger charge is -2.26. The van der Waals surface area contributed by atoms with Gasteiger partial charge in [0.15, 0.2) is 0 Å². The highest BCUT2D eigenvalue weighted by Crippen LogP contribution is 2.18. The molecule has 2 rings (SSSR count). The number of amides is 2. The van der Waals surface area contributed by atoms with Gasteiger partial charge in [-0.25, -0.2) is 4.79 Å². The van der Waals surface area contributed by atoms with Gasteiger partial charge in [0.05, 0.1) is 12.8 Å². The Bertz CT molecular complexity index is 447. The van der Waals surface area contributed by atoms with E-state index in [4.69, 9.17) is 4.42 Å². The summed E-state index contributed by atoms with van der Waals surface area (Å²) in [5.41, 5.74) is 0. The predicted octanol–water partition coefficient (Wildman–Crippen LogP) is 1.73. The molecule has 1 aromatic rings. The van der Waals surface area contributed by atoms with Gasteiger partial charge in [0.25, 0.3) is 0 Å². The zero-order chi connectivity index (χ0) is 15.9. The standard InChI is InChI=1S/C16H27N3O3/c1-12(2)11-19-7-3-5-13(19)9-17-16(21)18-10-14(20)15-6-4-8-22-15/h4,6,8,12-14,20H,3,5,7,9-11H2,1-2H3,(H2,17,18,21)/t13-,14?/m0/s1. The zero-order valence-corrected chi connectivity index (χ0v) is 13.4. The molecule has 22 heavy (non-hydrogen) atoms. The van der Waals surface area contributed by atoms with E-state index in [0.717, 1.165) is 19.5 Å². The Morgan fingerprint density at radius 2 is 2.32 bits per heavy atom. The molecule has 0 bridgehead atoms. The number of carbonyl (C=O) groups is 1. The van der Waals surface area contributed by atoms with Gasteiger partial charge in [-0.05, 0) is 37.4 Å². The molecular formula is C16H27N3O3. The lowest BCUT2D eigenvalue weighted by Crippen LogP contribution is -2.45. The minimum Gasteiger partial charge on any atom is -0.467 e. The Morgan fingerprint density at radius 3 is 3.00 bits per heavy atom. The van der Waals surface area contributed by atoms with Gasteiger partial charge >= 0.3 is 6.03 Å². The second-order valence-corrected chi connectivity index (χ2v) is 6.31. The fraction of sp³-hybridized carbons (Fsp3) is 0.688. The van der Waals surface area contributed by atoms with Crippen molar-refractivity contribution < 1.29 is 14.3 Å². The number of rotatable bonds is 7. The number of likely N-dealkylation sites (tertiary alicyclic amines) is 1. The van der Waals surface area contributed by atoms with Crippen LogP contribution in [0.15, 0.2) is 22.8 Å². The summed E-state index contributed by atoms with van der Waals surface area (Å²) in [7, 11) is 0. The van der Waals surface area contributed by atoms with E-state index in [1.807, 2.05) is 0 Å². The first-order valence-corrected chi connectivity index (χ1v) is 8.03. The van der Waals surface area contributed by atoms with Gasteiger partial charge in [0.2, 0.25) is 0 Å². The van der Waals surface area contributed by atoms with Crippen molar-refractivity contribution in [1.82, 2.24) is 15.5 Å². The molecule has 3 N–H and O–H groups in total. The van der Waals surface area contributed by atoms with Gasteiger partial charge in [-0.3, -0.25) is 4.90 Å². The Kier molecular flexibility index (Phi) is 6.27. The number of aliphatic hydroxyl groups excluding tert-OH is 1. The molecule has 1 aliphatic heterocycles. The maximum Gasteiger partial charge on any atom is 0.314 e. The molecule has 0 spiro atoms. The molecule has 0 aliphatic carbocycles. The average Bonchev–Trinajstić information content (AvgIpc) is 3.13. The van der Waals surface area contributed by atoms with Crippen LogP contribution < -0.4 is 10.6 Å². The zero-order valence-electron chi connectivity index (χ0n) is 13.4. The molecule has 2 amide bonds. The van der Waals surface area contributed by atoms with Crippen LogP contribution >= 0.6 is 0 Å². The number of hydrogen-bond donors (Lipinski definition) is 3. The second kappa shape index (κ2) is 8.19. The molecule has 124 valence electrons. The molecule has 2 atom stereocenters. The minimum atomic E-state index is -0.815. The summed E-state index contributed by atoms with van der Waals surface area (Å²) >= 11 is 0. The fourth-order valence-corrected chi connectivity index (χ4v) is 2.88. The first-order chi connectivity index (χ1) is 10.6. The summed E-state index contributed by atoms with van der Waals surface area (Å²) in [4.78, 5) is 14.3. The Labute approximate surface area is 131 Å². The third kappa shape index (κ3) is 5.03. The largest absolute Gasteiger partial charge is 0.467 e. The van der Waals surface area contributed by atoms with Gasteiger partial charge in [0, 0.05) is 19.1 Å². The molecule has 6 heteroatoms. The number of furan rings is 1. The van der Waals surface area contributed by atoms with Crippen LogP contribution in [0.4, 0.5) is 4.79 Å². The van der Waals surface area contributed by atoms with Crippen molar-refractivity contribution >= 4 is 6.03 Å². The van der Waals surface area contributed by atoms with Crippen molar-refractivity contribution in [3.05, 3.63) is 24.2 Å². The summed E-state index contributed by atoms with van der Waals surface area (Å²) < 4.78 is 5.09. The first kappa shape index (κ1) is 16.8. The van der Waals surface area contributed by atoms with Crippen LogP contribution in [0.5, 0.6) is 0 Å². The van der Waals surface area contributed by atoms with E-state index < -0.39 is 6.10 Å². The van der Waals surface area contributed by atoms with Crippen molar-refractivity contribution in [3.63, 3.8) is 0 Å². The lowest BCUT2D eigenvalue weighted by molar-refractivity contribution is 0.147. The maximum absolute atomic E-state index is 11.8. The summed E-state index contributed by atoms with van der Waals surface area (Å²) in [6, 6.07) is 3.57. The SMILES string of the molecule is CC(C)CN1CCC[C@H]1CNC(=O)NCC(O)c1ccco1. The van der Waals surface area contributed by atoms with Crippen LogP contribution in [0.1, 0.15) is 38.6 Å². The van der Waals surface area contributed by atoms with Gasteiger partial charge in [0.1, 0.15) is 11.9 Å². The van der Waals surface area contributed by atoms with Crippen molar-refractivity contribution in [2.75, 3.05) is 26.2 Å². The van der Waals surface area contributed by atoms with Gasteiger partial charge in [-0.15, -0.1) is 0 Å². The van der Waals surface area contributed by atoms with Crippen LogP contribution in [-0.4, -0.2) is 48.3 Å². The molecule has 1 aliphatic rings. The lowest BCUT2D eigenvalue weighted by atomic mass is 10.1. The minimum absolute atomic E-state index is 0.139. The molecule has 0 aromatic carbocycles. The molecule has 1 unspecified atom stereocenters. The van der Waals surface area contributed by atoms with E-state index in [2.05, 4.69) is 29.4 Å². The Morgan fingerprint density at radius 1 is 1.50 bits per heavy atom. The number of hydrogen-bond acceptors (Lipinski definition) is 4. The molecule has 0 saturated carbocycles. The normalized spacial score (nSPS) is 20.3. The number of nitrogens with zero attached hydrogens (tertiary/aromatic N) is 1. The van der Waals surface area contributed by atoms with Gasteiger partial charge in [-0.1, -0.05) is 13.8 Å². The average molecular weight is 309 g/mol. The number of aliphatic hydroxyl groups is 1. The van der Waals surface area contributed by atoms with Crippen LogP contribution in [0.3, 0.4) is 0 Å². The van der Waals surface area contributed by atoms with Crippen LogP contribution in [0.2, 0.25) is 0 Å². The molecule has 6 nitrogen and oxygen atoms in total. The number of urea groups is 1. The number of carbonyl (C=O) groups excluding carboxylic acids is 1. The highest BCUT2D eigenvalue weighted by atomic mass is 16.4.